The van der Waals surface area contributed by atoms with E-state index in [4.69, 9.17) is 17.3 Å². The molecule has 0 atom stereocenters. The average molecular weight is 248 g/mol. The Hall–Kier alpha value is -2.00. The van der Waals surface area contributed by atoms with E-state index < -0.39 is 5.91 Å². The first-order chi connectivity index (χ1) is 8.08. The number of hydrogen-bond acceptors (Lipinski definition) is 2. The van der Waals surface area contributed by atoms with Crippen molar-refractivity contribution in [3.63, 3.8) is 0 Å². The van der Waals surface area contributed by atoms with E-state index in [2.05, 4.69) is 0 Å². The van der Waals surface area contributed by atoms with Gasteiger partial charge in [0.05, 0.1) is 10.6 Å². The van der Waals surface area contributed by atoms with Crippen LogP contribution in [0.3, 0.4) is 0 Å². The number of hydrogen-bond donors (Lipinski definition) is 2. The van der Waals surface area contributed by atoms with Crippen LogP contribution in [0.4, 0.5) is 0 Å². The van der Waals surface area contributed by atoms with Gasteiger partial charge < -0.3 is 10.8 Å². The summed E-state index contributed by atoms with van der Waals surface area (Å²) in [6.45, 7) is 0. The maximum atomic E-state index is 11.2. The molecule has 0 radical (unpaired) electrons. The van der Waals surface area contributed by atoms with E-state index in [1.807, 2.05) is 6.07 Å². The van der Waals surface area contributed by atoms with E-state index in [-0.39, 0.29) is 11.3 Å². The summed E-state index contributed by atoms with van der Waals surface area (Å²) >= 11 is 5.86. The highest BCUT2D eigenvalue weighted by Gasteiger charge is 2.08. The van der Waals surface area contributed by atoms with E-state index in [1.165, 1.54) is 0 Å². The van der Waals surface area contributed by atoms with Gasteiger partial charge in [0.15, 0.2) is 0 Å². The lowest BCUT2D eigenvalue weighted by Crippen LogP contribution is -2.11. The number of carbonyl (C=O) groups excluding carboxylic acids is 1. The van der Waals surface area contributed by atoms with Crippen molar-refractivity contribution in [3.05, 3.63) is 53.1 Å². The minimum absolute atomic E-state index is 0.165. The van der Waals surface area contributed by atoms with Crippen molar-refractivity contribution in [3.8, 4) is 16.9 Å². The molecule has 1 amide bonds. The molecule has 0 fully saturated rings. The molecule has 0 aromatic heterocycles. The largest absolute Gasteiger partial charge is 0.508 e. The Morgan fingerprint density at radius 2 is 1.82 bits per heavy atom. The van der Waals surface area contributed by atoms with Crippen LogP contribution in [0.5, 0.6) is 5.75 Å². The van der Waals surface area contributed by atoms with Gasteiger partial charge in [0, 0.05) is 0 Å². The van der Waals surface area contributed by atoms with Crippen LogP contribution in [-0.4, -0.2) is 11.0 Å². The highest BCUT2D eigenvalue weighted by molar-refractivity contribution is 6.33. The monoisotopic (exact) mass is 247 g/mol. The molecule has 2 aromatic rings. The SMILES string of the molecule is NC(=O)c1cc(-c2cccc(O)c2)ccc1Cl. The molecule has 3 nitrogen and oxygen atoms in total. The van der Waals surface area contributed by atoms with E-state index in [9.17, 15) is 9.90 Å². The molecular formula is C13H10ClNO2. The number of halogens is 1. The van der Waals surface area contributed by atoms with Gasteiger partial charge in [-0.1, -0.05) is 29.8 Å². The Labute approximate surface area is 103 Å². The topological polar surface area (TPSA) is 63.3 Å². The zero-order valence-electron chi connectivity index (χ0n) is 8.85. The number of phenolic OH excluding ortho intramolecular Hbond substituents is 1. The normalized spacial score (nSPS) is 10.2. The van der Waals surface area contributed by atoms with Crippen molar-refractivity contribution in [2.75, 3.05) is 0 Å². The minimum atomic E-state index is -0.572. The zero-order valence-corrected chi connectivity index (χ0v) is 9.61. The summed E-state index contributed by atoms with van der Waals surface area (Å²) in [4.78, 5) is 11.2. The molecule has 17 heavy (non-hydrogen) atoms. The van der Waals surface area contributed by atoms with E-state index in [0.29, 0.717) is 5.02 Å². The van der Waals surface area contributed by atoms with Crippen LogP contribution < -0.4 is 5.73 Å². The quantitative estimate of drug-likeness (QED) is 0.857. The van der Waals surface area contributed by atoms with Crippen molar-refractivity contribution in [2.45, 2.75) is 0 Å². The van der Waals surface area contributed by atoms with Gasteiger partial charge in [-0.25, -0.2) is 0 Å². The van der Waals surface area contributed by atoms with Crippen molar-refractivity contribution in [1.29, 1.82) is 0 Å². The van der Waals surface area contributed by atoms with Crippen LogP contribution in [0.2, 0.25) is 5.02 Å². The number of rotatable bonds is 2. The second-order valence-electron chi connectivity index (χ2n) is 3.61. The first-order valence-corrected chi connectivity index (χ1v) is 5.34. The maximum absolute atomic E-state index is 11.2. The molecule has 3 N–H and O–H groups in total. The fourth-order valence-electron chi connectivity index (χ4n) is 1.58. The number of phenols is 1. The molecule has 0 heterocycles. The molecule has 4 heteroatoms. The molecule has 0 aliphatic carbocycles. The van der Waals surface area contributed by atoms with E-state index in [0.717, 1.165) is 11.1 Å². The van der Waals surface area contributed by atoms with Crippen LogP contribution >= 0.6 is 11.6 Å². The van der Waals surface area contributed by atoms with Gasteiger partial charge >= 0.3 is 0 Å². The Morgan fingerprint density at radius 3 is 2.47 bits per heavy atom. The van der Waals surface area contributed by atoms with Gasteiger partial charge in [0.2, 0.25) is 5.91 Å². The first-order valence-electron chi connectivity index (χ1n) is 4.96. The van der Waals surface area contributed by atoms with Gasteiger partial charge in [-0.05, 0) is 35.4 Å². The molecule has 2 aromatic carbocycles. The fourth-order valence-corrected chi connectivity index (χ4v) is 1.79. The predicted octanol–water partition coefficient (Wildman–Crippen LogP) is 2.81. The molecule has 0 spiro atoms. The lowest BCUT2D eigenvalue weighted by molar-refractivity contribution is 0.100. The lowest BCUT2D eigenvalue weighted by atomic mass is 10.0. The summed E-state index contributed by atoms with van der Waals surface area (Å²) in [5.41, 5.74) is 7.06. The summed E-state index contributed by atoms with van der Waals surface area (Å²) in [6.07, 6.45) is 0. The Kier molecular flexibility index (Phi) is 3.02. The molecule has 0 bridgehead atoms. The summed E-state index contributed by atoms with van der Waals surface area (Å²) in [5.74, 6) is -0.407. The standard InChI is InChI=1S/C13H10ClNO2/c14-12-5-4-9(7-11(12)13(15)17)8-2-1-3-10(16)6-8/h1-7,16H,(H2,15,17). The summed E-state index contributed by atoms with van der Waals surface area (Å²) in [6, 6.07) is 11.7. The van der Waals surface area contributed by atoms with Crippen molar-refractivity contribution in [1.82, 2.24) is 0 Å². The third-order valence-electron chi connectivity index (χ3n) is 2.41. The number of nitrogens with two attached hydrogens (primary N) is 1. The molecule has 0 aliphatic rings. The third kappa shape index (κ3) is 2.40. The van der Waals surface area contributed by atoms with Gasteiger partial charge in [0.25, 0.3) is 0 Å². The van der Waals surface area contributed by atoms with Crippen molar-refractivity contribution in [2.24, 2.45) is 5.73 Å². The van der Waals surface area contributed by atoms with Gasteiger partial charge in [-0.3, -0.25) is 4.79 Å². The van der Waals surface area contributed by atoms with Crippen LogP contribution in [0, 0.1) is 0 Å². The molecule has 2 rings (SSSR count). The van der Waals surface area contributed by atoms with Gasteiger partial charge in [-0.15, -0.1) is 0 Å². The average Bonchev–Trinajstić information content (AvgIpc) is 2.29. The van der Waals surface area contributed by atoms with Gasteiger partial charge in [0.1, 0.15) is 5.75 Å². The molecule has 0 saturated carbocycles. The number of amides is 1. The Bertz CT molecular complexity index is 581. The molecule has 0 unspecified atom stereocenters. The first kappa shape index (κ1) is 11.5. The minimum Gasteiger partial charge on any atom is -0.508 e. The number of primary amides is 1. The zero-order chi connectivity index (χ0) is 12.4. The Morgan fingerprint density at radius 1 is 1.12 bits per heavy atom. The second kappa shape index (κ2) is 4.47. The van der Waals surface area contributed by atoms with Crippen LogP contribution in [-0.2, 0) is 0 Å². The Balaban J connectivity index is 2.54. The highest BCUT2D eigenvalue weighted by atomic mass is 35.5. The molecule has 86 valence electrons. The van der Waals surface area contributed by atoms with Crippen molar-refractivity contribution < 1.29 is 9.90 Å². The summed E-state index contributed by atoms with van der Waals surface area (Å²) < 4.78 is 0. The highest BCUT2D eigenvalue weighted by Crippen LogP contribution is 2.27. The smallest absolute Gasteiger partial charge is 0.250 e. The molecule has 0 aliphatic heterocycles. The number of aromatic hydroxyl groups is 1. The molecule has 0 saturated heterocycles. The third-order valence-corrected chi connectivity index (χ3v) is 2.74. The molecular weight excluding hydrogens is 238 g/mol. The predicted molar refractivity (Wildman–Crippen MR) is 67.1 cm³/mol. The van der Waals surface area contributed by atoms with Crippen LogP contribution in [0.1, 0.15) is 10.4 Å². The summed E-state index contributed by atoms with van der Waals surface area (Å²) in [5, 5.41) is 9.71. The van der Waals surface area contributed by atoms with E-state index >= 15 is 0 Å². The maximum Gasteiger partial charge on any atom is 0.250 e. The lowest BCUT2D eigenvalue weighted by Gasteiger charge is -2.05. The summed E-state index contributed by atoms with van der Waals surface area (Å²) in [7, 11) is 0. The van der Waals surface area contributed by atoms with Crippen molar-refractivity contribution >= 4 is 17.5 Å². The number of benzene rings is 2. The fraction of sp³-hybridized carbons (Fsp3) is 0. The second-order valence-corrected chi connectivity index (χ2v) is 4.02. The number of carbonyl (C=O) groups is 1. The van der Waals surface area contributed by atoms with E-state index in [1.54, 1.807) is 36.4 Å². The van der Waals surface area contributed by atoms with Crippen LogP contribution in [0.25, 0.3) is 11.1 Å². The van der Waals surface area contributed by atoms with Crippen LogP contribution in [0.15, 0.2) is 42.5 Å². The van der Waals surface area contributed by atoms with Gasteiger partial charge in [-0.2, -0.15) is 0 Å².